The molecule has 0 aliphatic carbocycles. The number of pyridine rings is 1. The van der Waals surface area contributed by atoms with Crippen LogP contribution in [0.3, 0.4) is 0 Å². The van der Waals surface area contributed by atoms with E-state index in [1.165, 1.54) is 18.4 Å². The average molecular weight is 469 g/mol. The molecule has 1 aromatic heterocycles. The van der Waals surface area contributed by atoms with Crippen LogP contribution in [-0.4, -0.2) is 59.5 Å². The summed E-state index contributed by atoms with van der Waals surface area (Å²) in [6.45, 7) is 3.10. The molecule has 0 atom stereocenters. The number of carbonyl (C=O) groups excluding carboxylic acids is 2. The van der Waals surface area contributed by atoms with Gasteiger partial charge in [0, 0.05) is 38.3 Å². The van der Waals surface area contributed by atoms with E-state index in [2.05, 4.69) is 27.8 Å². The third-order valence-corrected chi connectivity index (χ3v) is 5.49. The second kappa shape index (κ2) is 16.2. The number of carboxylic acid groups (broad SMARTS) is 1. The predicted molar refractivity (Wildman–Crippen MR) is 133 cm³/mol. The van der Waals surface area contributed by atoms with Crippen LogP contribution in [0.5, 0.6) is 0 Å². The van der Waals surface area contributed by atoms with Gasteiger partial charge < -0.3 is 20.6 Å². The van der Waals surface area contributed by atoms with E-state index in [9.17, 15) is 14.4 Å². The van der Waals surface area contributed by atoms with Gasteiger partial charge in [-0.3, -0.25) is 14.4 Å². The van der Waals surface area contributed by atoms with Crippen LogP contribution in [0, 0.1) is 0 Å². The van der Waals surface area contributed by atoms with Gasteiger partial charge >= 0.3 is 5.97 Å². The molecule has 1 aromatic carbocycles. The maximum atomic E-state index is 12.1. The lowest BCUT2D eigenvalue weighted by molar-refractivity contribution is -0.137. The number of nitrogens with zero attached hydrogens (tertiary/aromatic N) is 2. The van der Waals surface area contributed by atoms with Gasteiger partial charge in [0.2, 0.25) is 12.3 Å². The largest absolute Gasteiger partial charge is 0.481 e. The van der Waals surface area contributed by atoms with Gasteiger partial charge in [0.25, 0.3) is 0 Å². The zero-order valence-electron chi connectivity index (χ0n) is 19.7. The molecule has 0 radical (unpaired) electrons. The van der Waals surface area contributed by atoms with E-state index in [1.807, 2.05) is 41.3 Å². The van der Waals surface area contributed by atoms with Gasteiger partial charge in [-0.2, -0.15) is 0 Å². The van der Waals surface area contributed by atoms with Crippen LogP contribution in [0.15, 0.2) is 48.5 Å². The van der Waals surface area contributed by atoms with Crippen LogP contribution < -0.4 is 10.6 Å². The number of piperidine rings is 1. The minimum Gasteiger partial charge on any atom is -0.481 e. The summed E-state index contributed by atoms with van der Waals surface area (Å²) < 4.78 is 0. The van der Waals surface area contributed by atoms with E-state index in [-0.39, 0.29) is 18.9 Å². The summed E-state index contributed by atoms with van der Waals surface area (Å²) >= 11 is 0. The van der Waals surface area contributed by atoms with Crippen LogP contribution in [0.4, 0.5) is 5.82 Å². The highest BCUT2D eigenvalue weighted by Gasteiger charge is 2.17. The molecule has 1 fully saturated rings. The van der Waals surface area contributed by atoms with Crippen molar-refractivity contribution in [2.24, 2.45) is 0 Å². The third-order valence-electron chi connectivity index (χ3n) is 5.49. The molecule has 184 valence electrons. The van der Waals surface area contributed by atoms with Crippen molar-refractivity contribution in [1.82, 2.24) is 15.2 Å². The molecule has 34 heavy (non-hydrogen) atoms. The Morgan fingerprint density at radius 1 is 1.00 bits per heavy atom. The fraction of sp³-hybridized carbons (Fsp3) is 0.462. The zero-order valence-corrected chi connectivity index (χ0v) is 19.7. The number of hydrogen-bond acceptors (Lipinski definition) is 5. The number of benzene rings is 1. The summed E-state index contributed by atoms with van der Waals surface area (Å²) in [4.78, 5) is 38.0. The van der Waals surface area contributed by atoms with Crippen LogP contribution >= 0.6 is 0 Å². The Morgan fingerprint density at radius 3 is 2.29 bits per heavy atom. The van der Waals surface area contributed by atoms with Crippen molar-refractivity contribution >= 4 is 24.1 Å². The molecule has 8 nitrogen and oxygen atoms in total. The summed E-state index contributed by atoms with van der Waals surface area (Å²) in [5.74, 6) is 0.413. The summed E-state index contributed by atoms with van der Waals surface area (Å²) in [7, 11) is 0. The topological polar surface area (TPSA) is 112 Å². The SMILES string of the molecule is O=C(CCc1ccc2c(n1)NCCC2)N1CCCCC1.O=CNCCC(=O)O.c1ccccc1. The maximum absolute atomic E-state index is 12.1. The number of anilines is 1. The Bertz CT molecular complexity index is 844. The number of aromatic nitrogens is 1. The maximum Gasteiger partial charge on any atom is 0.305 e. The van der Waals surface area contributed by atoms with Crippen molar-refractivity contribution in [2.45, 2.75) is 51.4 Å². The standard InChI is InChI=1S/C16H23N3O.C6H6.C4H7NO3/c20-15(19-11-2-1-3-12-19)9-8-14-7-6-13-5-4-10-17-16(13)18-14;1-2-4-6-5-3-1;6-3-5-2-1-4(7)8/h6-7H,1-5,8-12H2,(H,17,18);1-6H;3H,1-2H2,(H,5,6)(H,7,8). The zero-order chi connectivity index (χ0) is 24.4. The number of rotatable bonds is 7. The molecule has 2 aromatic rings. The highest BCUT2D eigenvalue weighted by molar-refractivity contribution is 5.76. The van der Waals surface area contributed by atoms with Crippen molar-refractivity contribution in [3.8, 4) is 0 Å². The molecule has 0 saturated carbocycles. The fourth-order valence-electron chi connectivity index (χ4n) is 3.67. The van der Waals surface area contributed by atoms with Crippen LogP contribution in [0.2, 0.25) is 0 Å². The highest BCUT2D eigenvalue weighted by atomic mass is 16.4. The van der Waals surface area contributed by atoms with Crippen molar-refractivity contribution in [3.05, 3.63) is 59.8 Å². The third kappa shape index (κ3) is 10.9. The first-order valence-corrected chi connectivity index (χ1v) is 12.0. The predicted octanol–water partition coefficient (Wildman–Crippen LogP) is 3.28. The molecule has 3 heterocycles. The molecule has 0 unspecified atom stereocenters. The second-order valence-corrected chi connectivity index (χ2v) is 8.15. The number of hydrogen-bond donors (Lipinski definition) is 3. The molecule has 2 aliphatic rings. The van der Waals surface area contributed by atoms with Crippen LogP contribution in [0.25, 0.3) is 0 Å². The smallest absolute Gasteiger partial charge is 0.305 e. The van der Waals surface area contributed by atoms with Crippen molar-refractivity contribution < 1.29 is 19.5 Å². The average Bonchev–Trinajstić information content (AvgIpc) is 2.89. The van der Waals surface area contributed by atoms with Crippen molar-refractivity contribution in [2.75, 3.05) is 31.5 Å². The van der Waals surface area contributed by atoms with Gasteiger partial charge in [0.05, 0.1) is 6.42 Å². The minimum absolute atomic E-state index is 0.0151. The highest BCUT2D eigenvalue weighted by Crippen LogP contribution is 2.20. The quantitative estimate of drug-likeness (QED) is 0.425. The molecule has 3 N–H and O–H groups in total. The lowest BCUT2D eigenvalue weighted by atomic mass is 10.1. The molecule has 2 aliphatic heterocycles. The van der Waals surface area contributed by atoms with E-state index >= 15 is 0 Å². The van der Waals surface area contributed by atoms with Gasteiger partial charge in [-0.1, -0.05) is 42.5 Å². The molecular weight excluding hydrogens is 432 g/mol. The number of aryl methyl sites for hydroxylation is 2. The van der Waals surface area contributed by atoms with Crippen molar-refractivity contribution in [1.29, 1.82) is 0 Å². The second-order valence-electron chi connectivity index (χ2n) is 8.15. The number of fused-ring (bicyclic) bond motifs is 1. The Balaban J connectivity index is 0.000000240. The molecule has 2 amide bonds. The molecule has 0 spiro atoms. The van der Waals surface area contributed by atoms with E-state index in [1.54, 1.807) is 0 Å². The van der Waals surface area contributed by atoms with E-state index in [0.29, 0.717) is 12.8 Å². The Hall–Kier alpha value is -3.42. The molecule has 8 heteroatoms. The number of aliphatic carboxylic acids is 1. The van der Waals surface area contributed by atoms with Gasteiger partial charge in [-0.15, -0.1) is 0 Å². The summed E-state index contributed by atoms with van der Waals surface area (Å²) in [6.07, 6.45) is 7.68. The van der Waals surface area contributed by atoms with E-state index in [0.717, 1.165) is 56.8 Å². The van der Waals surface area contributed by atoms with Crippen LogP contribution in [0.1, 0.15) is 49.8 Å². The number of likely N-dealkylation sites (tertiary alicyclic amines) is 1. The van der Waals surface area contributed by atoms with Gasteiger partial charge in [0.1, 0.15) is 5.82 Å². The van der Waals surface area contributed by atoms with E-state index < -0.39 is 5.97 Å². The summed E-state index contributed by atoms with van der Waals surface area (Å²) in [5, 5.41) is 13.5. The Labute approximate surface area is 201 Å². The van der Waals surface area contributed by atoms with Gasteiger partial charge in [-0.25, -0.2) is 4.98 Å². The van der Waals surface area contributed by atoms with Gasteiger partial charge in [0.15, 0.2) is 0 Å². The minimum atomic E-state index is -0.903. The molecule has 0 bridgehead atoms. The number of carbonyl (C=O) groups is 3. The molecule has 4 rings (SSSR count). The first-order chi connectivity index (χ1) is 16.6. The molecular formula is C26H36N4O4. The first-order valence-electron chi connectivity index (χ1n) is 12.0. The molecule has 1 saturated heterocycles. The first kappa shape index (κ1) is 26.8. The monoisotopic (exact) mass is 468 g/mol. The number of nitrogens with one attached hydrogen (secondary N) is 2. The number of amides is 2. The van der Waals surface area contributed by atoms with E-state index in [4.69, 9.17) is 5.11 Å². The lowest BCUT2D eigenvalue weighted by Crippen LogP contribution is -2.35. The van der Waals surface area contributed by atoms with Gasteiger partial charge in [-0.05, 0) is 50.2 Å². The Kier molecular flexibility index (Phi) is 12.8. The van der Waals surface area contributed by atoms with Crippen molar-refractivity contribution in [3.63, 3.8) is 0 Å². The summed E-state index contributed by atoms with van der Waals surface area (Å²) in [5.41, 5.74) is 2.34. The normalized spacial score (nSPS) is 14.1. The Morgan fingerprint density at radius 2 is 1.68 bits per heavy atom. The van der Waals surface area contributed by atoms with Crippen LogP contribution in [-0.2, 0) is 27.2 Å². The number of carboxylic acids is 1. The lowest BCUT2D eigenvalue weighted by Gasteiger charge is -2.26. The fourth-order valence-corrected chi connectivity index (χ4v) is 3.67. The summed E-state index contributed by atoms with van der Waals surface area (Å²) in [6, 6.07) is 16.2.